The molecule has 3 nitrogen and oxygen atoms in total. The fraction of sp³-hybridized carbons (Fsp3) is 0.235. The summed E-state index contributed by atoms with van der Waals surface area (Å²) in [5.41, 5.74) is 3.78. The molecule has 1 aliphatic rings. The summed E-state index contributed by atoms with van der Waals surface area (Å²) in [4.78, 5) is 12.4. The van der Waals surface area contributed by atoms with Crippen molar-refractivity contribution in [1.82, 2.24) is 0 Å². The van der Waals surface area contributed by atoms with Crippen LogP contribution in [0.2, 0.25) is 5.02 Å². The van der Waals surface area contributed by atoms with Crippen molar-refractivity contribution in [3.05, 3.63) is 64.2 Å². The van der Waals surface area contributed by atoms with E-state index >= 15 is 0 Å². The van der Waals surface area contributed by atoms with Gasteiger partial charge < -0.3 is 10.1 Å². The second-order valence-electron chi connectivity index (χ2n) is 5.15. The molecule has 0 spiro atoms. The van der Waals surface area contributed by atoms with Crippen LogP contribution in [-0.2, 0) is 16.0 Å². The third kappa shape index (κ3) is 2.94. The maximum atomic E-state index is 12.4. The first-order valence-corrected chi connectivity index (χ1v) is 7.29. The summed E-state index contributed by atoms with van der Waals surface area (Å²) in [6, 6.07) is 13.4. The molecule has 0 bridgehead atoms. The number of carbonyl (C=O) groups is 1. The van der Waals surface area contributed by atoms with Gasteiger partial charge in [0.2, 0.25) is 0 Å². The fourth-order valence-corrected chi connectivity index (χ4v) is 2.67. The van der Waals surface area contributed by atoms with E-state index in [0.29, 0.717) is 17.3 Å². The van der Waals surface area contributed by atoms with E-state index in [9.17, 15) is 4.79 Å². The van der Waals surface area contributed by atoms with Crippen LogP contribution in [0.5, 0.6) is 0 Å². The van der Waals surface area contributed by atoms with Crippen LogP contribution >= 0.6 is 11.6 Å². The summed E-state index contributed by atoms with van der Waals surface area (Å²) >= 11 is 6.08. The molecule has 0 saturated carbocycles. The molecule has 0 radical (unpaired) electrons. The van der Waals surface area contributed by atoms with Gasteiger partial charge in [-0.2, -0.15) is 0 Å². The summed E-state index contributed by atoms with van der Waals surface area (Å²) in [6.07, 6.45) is 0.283. The maximum Gasteiger partial charge on any atom is 0.258 e. The predicted molar refractivity (Wildman–Crippen MR) is 83.7 cm³/mol. The number of aryl methyl sites for hydroxylation is 1. The van der Waals surface area contributed by atoms with Crippen molar-refractivity contribution in [3.63, 3.8) is 0 Å². The Kier molecular flexibility index (Phi) is 3.95. The highest BCUT2D eigenvalue weighted by molar-refractivity contribution is 6.31. The number of benzene rings is 2. The zero-order valence-electron chi connectivity index (χ0n) is 11.7. The van der Waals surface area contributed by atoms with Crippen molar-refractivity contribution in [1.29, 1.82) is 0 Å². The number of fused-ring (bicyclic) bond motifs is 1. The van der Waals surface area contributed by atoms with Gasteiger partial charge in [0.05, 0.1) is 6.61 Å². The van der Waals surface area contributed by atoms with Crippen molar-refractivity contribution < 1.29 is 9.53 Å². The van der Waals surface area contributed by atoms with Crippen LogP contribution in [0.15, 0.2) is 42.5 Å². The summed E-state index contributed by atoms with van der Waals surface area (Å²) in [5, 5.41) is 3.51. The van der Waals surface area contributed by atoms with E-state index < -0.39 is 6.10 Å². The lowest BCUT2D eigenvalue weighted by Crippen LogP contribution is -2.28. The SMILES string of the molecule is Cc1ccc(NC(=O)[C@@H]2OCCc3ccccc32)cc1Cl. The minimum Gasteiger partial charge on any atom is -0.363 e. The summed E-state index contributed by atoms with van der Waals surface area (Å²) in [5.74, 6) is -0.165. The molecule has 108 valence electrons. The van der Waals surface area contributed by atoms with Crippen LogP contribution < -0.4 is 5.32 Å². The smallest absolute Gasteiger partial charge is 0.258 e. The van der Waals surface area contributed by atoms with Gasteiger partial charge in [0.25, 0.3) is 5.91 Å². The highest BCUT2D eigenvalue weighted by Gasteiger charge is 2.27. The van der Waals surface area contributed by atoms with E-state index in [4.69, 9.17) is 16.3 Å². The van der Waals surface area contributed by atoms with Crippen LogP contribution in [-0.4, -0.2) is 12.5 Å². The number of halogens is 1. The van der Waals surface area contributed by atoms with Crippen molar-refractivity contribution in [2.75, 3.05) is 11.9 Å². The van der Waals surface area contributed by atoms with E-state index in [1.54, 1.807) is 6.07 Å². The van der Waals surface area contributed by atoms with E-state index in [1.807, 2.05) is 43.3 Å². The quantitative estimate of drug-likeness (QED) is 0.913. The maximum absolute atomic E-state index is 12.4. The number of nitrogens with one attached hydrogen (secondary N) is 1. The summed E-state index contributed by atoms with van der Waals surface area (Å²) in [6.45, 7) is 2.48. The molecule has 1 amide bonds. The normalized spacial score (nSPS) is 17.1. The Bertz CT molecular complexity index is 684. The minimum atomic E-state index is -0.560. The number of ether oxygens (including phenoxy) is 1. The van der Waals surface area contributed by atoms with Crippen LogP contribution in [0.25, 0.3) is 0 Å². The van der Waals surface area contributed by atoms with Crippen LogP contribution in [0.4, 0.5) is 5.69 Å². The molecule has 2 aromatic carbocycles. The van der Waals surface area contributed by atoms with Gasteiger partial charge in [-0.1, -0.05) is 41.9 Å². The van der Waals surface area contributed by atoms with Crippen molar-refractivity contribution in [2.24, 2.45) is 0 Å². The van der Waals surface area contributed by atoms with Crippen molar-refractivity contribution in [3.8, 4) is 0 Å². The van der Waals surface area contributed by atoms with Gasteiger partial charge in [-0.25, -0.2) is 0 Å². The van der Waals surface area contributed by atoms with Gasteiger partial charge in [0, 0.05) is 10.7 Å². The first-order chi connectivity index (χ1) is 10.1. The second kappa shape index (κ2) is 5.88. The Morgan fingerprint density at radius 3 is 2.90 bits per heavy atom. The minimum absolute atomic E-state index is 0.165. The van der Waals surface area contributed by atoms with Gasteiger partial charge in [-0.15, -0.1) is 0 Å². The topological polar surface area (TPSA) is 38.3 Å². The Morgan fingerprint density at radius 1 is 1.29 bits per heavy atom. The van der Waals surface area contributed by atoms with Crippen molar-refractivity contribution >= 4 is 23.2 Å². The number of amides is 1. The summed E-state index contributed by atoms with van der Waals surface area (Å²) < 4.78 is 5.65. The van der Waals surface area contributed by atoms with Crippen molar-refractivity contribution in [2.45, 2.75) is 19.4 Å². The van der Waals surface area contributed by atoms with Gasteiger partial charge in [0.15, 0.2) is 6.10 Å². The lowest BCUT2D eigenvalue weighted by molar-refractivity contribution is -0.128. The largest absolute Gasteiger partial charge is 0.363 e. The highest BCUT2D eigenvalue weighted by atomic mass is 35.5. The van der Waals surface area contributed by atoms with Crippen LogP contribution in [0, 0.1) is 6.92 Å². The Morgan fingerprint density at radius 2 is 2.10 bits per heavy atom. The predicted octanol–water partition coefficient (Wildman–Crippen LogP) is 3.90. The molecule has 21 heavy (non-hydrogen) atoms. The van der Waals surface area contributed by atoms with Gasteiger partial charge in [-0.3, -0.25) is 4.79 Å². The highest BCUT2D eigenvalue weighted by Crippen LogP contribution is 2.28. The molecule has 0 unspecified atom stereocenters. The molecular weight excluding hydrogens is 286 g/mol. The molecule has 1 N–H and O–H groups in total. The molecule has 1 heterocycles. The molecular formula is C17H16ClNO2. The molecule has 3 rings (SSSR count). The molecule has 4 heteroatoms. The fourth-order valence-electron chi connectivity index (χ4n) is 2.49. The van der Waals surface area contributed by atoms with E-state index in [0.717, 1.165) is 17.5 Å². The second-order valence-corrected chi connectivity index (χ2v) is 5.56. The first-order valence-electron chi connectivity index (χ1n) is 6.91. The number of hydrogen-bond donors (Lipinski definition) is 1. The van der Waals surface area contributed by atoms with Crippen LogP contribution in [0.1, 0.15) is 22.8 Å². The zero-order chi connectivity index (χ0) is 14.8. The Balaban J connectivity index is 1.81. The van der Waals surface area contributed by atoms with E-state index in [2.05, 4.69) is 5.32 Å². The lowest BCUT2D eigenvalue weighted by atomic mass is 9.97. The van der Waals surface area contributed by atoms with Gasteiger partial charge in [-0.05, 0) is 42.2 Å². The molecule has 0 fully saturated rings. The molecule has 1 aliphatic heterocycles. The monoisotopic (exact) mass is 301 g/mol. The molecule has 2 aromatic rings. The van der Waals surface area contributed by atoms with Gasteiger partial charge in [0.1, 0.15) is 0 Å². The molecule has 1 atom stereocenters. The third-order valence-electron chi connectivity index (χ3n) is 3.67. The van der Waals surface area contributed by atoms with E-state index in [-0.39, 0.29) is 5.91 Å². The average Bonchev–Trinajstić information content (AvgIpc) is 2.50. The zero-order valence-corrected chi connectivity index (χ0v) is 12.5. The number of rotatable bonds is 2. The molecule has 0 aromatic heterocycles. The number of anilines is 1. The van der Waals surface area contributed by atoms with E-state index in [1.165, 1.54) is 5.56 Å². The number of carbonyl (C=O) groups excluding carboxylic acids is 1. The Hall–Kier alpha value is -1.84. The lowest BCUT2D eigenvalue weighted by Gasteiger charge is -2.25. The average molecular weight is 302 g/mol. The molecule has 0 saturated heterocycles. The Labute approximate surface area is 128 Å². The van der Waals surface area contributed by atoms with Crippen LogP contribution in [0.3, 0.4) is 0 Å². The van der Waals surface area contributed by atoms with Gasteiger partial charge >= 0.3 is 0 Å². The summed E-state index contributed by atoms with van der Waals surface area (Å²) in [7, 11) is 0. The standard InChI is InChI=1S/C17H16ClNO2/c1-11-6-7-13(10-15(11)18)19-17(20)16-14-5-3-2-4-12(14)8-9-21-16/h2-7,10,16H,8-9H2,1H3,(H,19,20)/t16-/m1/s1. The number of hydrogen-bond acceptors (Lipinski definition) is 2. The molecule has 0 aliphatic carbocycles. The first kappa shape index (κ1) is 14.1. The third-order valence-corrected chi connectivity index (χ3v) is 4.08.